The molecule has 1 fully saturated rings. The van der Waals surface area contributed by atoms with Gasteiger partial charge in [-0.25, -0.2) is 17.5 Å². The number of halogens is 1. The monoisotopic (exact) mass is 509 g/mol. The number of nitrogens with zero attached hydrogens (tertiary/aromatic N) is 1. The Balaban J connectivity index is 1.34. The van der Waals surface area contributed by atoms with Crippen LogP contribution in [-0.4, -0.2) is 25.4 Å². The number of pyridine rings is 1. The molecule has 1 aromatic heterocycles. The number of hydrogen-bond donors (Lipinski definition) is 2. The molecule has 0 radical (unpaired) electrons. The lowest BCUT2D eigenvalue weighted by atomic mass is 9.85. The molecule has 1 aliphatic rings. The van der Waals surface area contributed by atoms with Gasteiger partial charge in [-0.05, 0) is 105 Å². The summed E-state index contributed by atoms with van der Waals surface area (Å²) < 4.78 is 42.1. The van der Waals surface area contributed by atoms with E-state index >= 15 is 0 Å². The molecule has 0 unspecified atom stereocenters. The molecule has 8 heteroatoms. The molecule has 3 aromatic rings. The lowest BCUT2D eigenvalue weighted by Crippen LogP contribution is -2.41. The van der Waals surface area contributed by atoms with Gasteiger partial charge in [-0.1, -0.05) is 18.2 Å². The minimum Gasteiger partial charge on any atom is -0.349 e. The van der Waals surface area contributed by atoms with Crippen LogP contribution in [0, 0.1) is 25.6 Å². The van der Waals surface area contributed by atoms with Crippen LogP contribution in [0.5, 0.6) is 0 Å². The van der Waals surface area contributed by atoms with E-state index in [0.29, 0.717) is 25.7 Å². The first kappa shape index (κ1) is 26.0. The first-order chi connectivity index (χ1) is 17.1. The summed E-state index contributed by atoms with van der Waals surface area (Å²) in [6.45, 7) is 5.76. The first-order valence-corrected chi connectivity index (χ1v) is 13.7. The van der Waals surface area contributed by atoms with Crippen LogP contribution in [0.2, 0.25) is 0 Å². The predicted octanol–water partition coefficient (Wildman–Crippen LogP) is 5.22. The highest BCUT2D eigenvalue weighted by atomic mass is 32.2. The van der Waals surface area contributed by atoms with E-state index in [9.17, 15) is 17.6 Å². The number of sulfonamides is 1. The van der Waals surface area contributed by atoms with E-state index in [0.717, 1.165) is 27.8 Å². The largest absolute Gasteiger partial charge is 0.349 e. The van der Waals surface area contributed by atoms with Crippen molar-refractivity contribution in [2.75, 3.05) is 0 Å². The standard InChI is InChI=1S/C28H32FN3O3S/c1-18-16-25(12-13-26(18)27-14-15-30-17-19(27)2)36(34,35)32-24-10-6-22(7-11-24)28(33)31-20(3)21-4-8-23(29)9-5-21/h4-5,8-9,12-17,20,22,24,32H,6-7,10-11H2,1-3H3,(H,31,33)/t20-,22?,24?/m1/s1. The van der Waals surface area contributed by atoms with Crippen LogP contribution in [0.1, 0.15) is 55.3 Å². The van der Waals surface area contributed by atoms with Crippen molar-refractivity contribution in [1.82, 2.24) is 15.0 Å². The highest BCUT2D eigenvalue weighted by Crippen LogP contribution is 2.30. The Hall–Kier alpha value is -3.10. The zero-order valence-corrected chi connectivity index (χ0v) is 21.6. The van der Waals surface area contributed by atoms with Crippen LogP contribution < -0.4 is 10.0 Å². The van der Waals surface area contributed by atoms with Gasteiger partial charge in [0.2, 0.25) is 15.9 Å². The lowest BCUT2D eigenvalue weighted by Gasteiger charge is -2.29. The summed E-state index contributed by atoms with van der Waals surface area (Å²) >= 11 is 0. The zero-order valence-electron chi connectivity index (χ0n) is 20.8. The molecule has 1 atom stereocenters. The number of aryl methyl sites for hydroxylation is 2. The maximum atomic E-state index is 13.2. The van der Waals surface area contributed by atoms with Crippen molar-refractivity contribution in [3.63, 3.8) is 0 Å². The van der Waals surface area contributed by atoms with Crippen molar-refractivity contribution < 1.29 is 17.6 Å². The van der Waals surface area contributed by atoms with Crippen LogP contribution in [0.3, 0.4) is 0 Å². The highest BCUT2D eigenvalue weighted by Gasteiger charge is 2.30. The van der Waals surface area contributed by atoms with Crippen molar-refractivity contribution in [2.24, 2.45) is 5.92 Å². The predicted molar refractivity (Wildman–Crippen MR) is 138 cm³/mol. The van der Waals surface area contributed by atoms with Gasteiger partial charge < -0.3 is 5.32 Å². The minimum atomic E-state index is -3.68. The highest BCUT2D eigenvalue weighted by molar-refractivity contribution is 7.89. The molecular weight excluding hydrogens is 477 g/mol. The van der Waals surface area contributed by atoms with Crippen LogP contribution >= 0.6 is 0 Å². The third-order valence-electron chi connectivity index (χ3n) is 6.97. The van der Waals surface area contributed by atoms with E-state index in [1.807, 2.05) is 32.9 Å². The molecule has 190 valence electrons. The van der Waals surface area contributed by atoms with Gasteiger partial charge in [0, 0.05) is 24.4 Å². The number of nitrogens with one attached hydrogen (secondary N) is 2. The third-order valence-corrected chi connectivity index (χ3v) is 8.49. The summed E-state index contributed by atoms with van der Waals surface area (Å²) in [5, 5.41) is 3.00. The molecular formula is C28H32FN3O3S. The van der Waals surface area contributed by atoms with E-state index in [2.05, 4.69) is 15.0 Å². The number of amides is 1. The summed E-state index contributed by atoms with van der Waals surface area (Å²) in [6, 6.07) is 12.8. The van der Waals surface area contributed by atoms with Crippen molar-refractivity contribution >= 4 is 15.9 Å². The van der Waals surface area contributed by atoms with E-state index in [1.165, 1.54) is 12.1 Å². The van der Waals surface area contributed by atoms with Gasteiger partial charge in [0.05, 0.1) is 10.9 Å². The number of benzene rings is 2. The fraction of sp³-hybridized carbons (Fsp3) is 0.357. The second-order valence-electron chi connectivity index (χ2n) is 9.62. The van der Waals surface area contributed by atoms with Gasteiger partial charge in [0.15, 0.2) is 0 Å². The van der Waals surface area contributed by atoms with E-state index in [4.69, 9.17) is 0 Å². The van der Waals surface area contributed by atoms with Gasteiger partial charge in [-0.3, -0.25) is 9.78 Å². The van der Waals surface area contributed by atoms with Crippen molar-refractivity contribution in [1.29, 1.82) is 0 Å². The topological polar surface area (TPSA) is 88.2 Å². The fourth-order valence-corrected chi connectivity index (χ4v) is 6.20. The smallest absolute Gasteiger partial charge is 0.240 e. The van der Waals surface area contributed by atoms with Crippen LogP contribution in [0.4, 0.5) is 4.39 Å². The van der Waals surface area contributed by atoms with Crippen molar-refractivity contribution in [2.45, 2.75) is 63.4 Å². The SMILES string of the molecule is Cc1cnccc1-c1ccc(S(=O)(=O)NC2CCC(C(=O)N[C@H](C)c3ccc(F)cc3)CC2)cc1C. The molecule has 0 saturated heterocycles. The second-order valence-corrected chi connectivity index (χ2v) is 11.3. The van der Waals surface area contributed by atoms with Gasteiger partial charge >= 0.3 is 0 Å². The lowest BCUT2D eigenvalue weighted by molar-refractivity contribution is -0.126. The maximum absolute atomic E-state index is 13.2. The first-order valence-electron chi connectivity index (χ1n) is 12.2. The molecule has 6 nitrogen and oxygen atoms in total. The minimum absolute atomic E-state index is 0.0502. The Labute approximate surface area is 212 Å². The van der Waals surface area contributed by atoms with E-state index in [-0.39, 0.29) is 34.6 Å². The zero-order chi connectivity index (χ0) is 25.9. The Morgan fingerprint density at radius 1 is 0.972 bits per heavy atom. The fourth-order valence-electron chi connectivity index (χ4n) is 4.81. The molecule has 2 N–H and O–H groups in total. The summed E-state index contributed by atoms with van der Waals surface area (Å²) in [5.74, 6) is -0.530. The Morgan fingerprint density at radius 3 is 2.28 bits per heavy atom. The molecule has 0 spiro atoms. The van der Waals surface area contributed by atoms with Crippen molar-refractivity contribution in [3.05, 3.63) is 83.4 Å². The molecule has 1 aliphatic carbocycles. The van der Waals surface area contributed by atoms with Crippen molar-refractivity contribution in [3.8, 4) is 11.1 Å². The second kappa shape index (κ2) is 10.9. The van der Waals surface area contributed by atoms with Gasteiger partial charge in [-0.2, -0.15) is 0 Å². The molecule has 4 rings (SSSR count). The van der Waals surface area contributed by atoms with Gasteiger partial charge in [-0.15, -0.1) is 0 Å². The van der Waals surface area contributed by atoms with Gasteiger partial charge in [0.25, 0.3) is 0 Å². The Bertz CT molecular complexity index is 1330. The van der Waals surface area contributed by atoms with Crippen LogP contribution in [0.15, 0.2) is 65.8 Å². The quantitative estimate of drug-likeness (QED) is 0.457. The Morgan fingerprint density at radius 2 is 1.64 bits per heavy atom. The molecule has 0 bridgehead atoms. The number of rotatable bonds is 7. The average molecular weight is 510 g/mol. The summed E-state index contributed by atoms with van der Waals surface area (Å²) in [6.07, 6.45) is 5.92. The molecule has 1 saturated carbocycles. The number of carbonyl (C=O) groups is 1. The number of hydrogen-bond acceptors (Lipinski definition) is 4. The van der Waals surface area contributed by atoms with Gasteiger partial charge in [0.1, 0.15) is 5.82 Å². The van der Waals surface area contributed by atoms with Crippen LogP contribution in [0.25, 0.3) is 11.1 Å². The van der Waals surface area contributed by atoms with E-state index < -0.39 is 10.0 Å². The van der Waals surface area contributed by atoms with Crippen LogP contribution in [-0.2, 0) is 14.8 Å². The van der Waals surface area contributed by atoms with E-state index in [1.54, 1.807) is 36.7 Å². The average Bonchev–Trinajstić information content (AvgIpc) is 2.85. The normalized spacial score (nSPS) is 19.0. The number of carbonyl (C=O) groups excluding carboxylic acids is 1. The maximum Gasteiger partial charge on any atom is 0.240 e. The molecule has 1 amide bonds. The molecule has 0 aliphatic heterocycles. The Kier molecular flexibility index (Phi) is 7.85. The third kappa shape index (κ3) is 5.99. The molecule has 1 heterocycles. The summed E-state index contributed by atoms with van der Waals surface area (Å²) in [4.78, 5) is 17.1. The molecule has 2 aromatic carbocycles. The summed E-state index contributed by atoms with van der Waals surface area (Å²) in [5.41, 5.74) is 4.76. The summed E-state index contributed by atoms with van der Waals surface area (Å²) in [7, 11) is -3.68. The molecule has 36 heavy (non-hydrogen) atoms. The number of aromatic nitrogens is 1.